The first-order valence-corrected chi connectivity index (χ1v) is 5.28. The van der Waals surface area contributed by atoms with Gasteiger partial charge in [0.1, 0.15) is 6.61 Å². The van der Waals surface area contributed by atoms with E-state index in [1.165, 1.54) is 6.07 Å². The number of ether oxygens (including phenoxy) is 1. The number of carboxylic acid groups (broad SMARTS) is 1. The van der Waals surface area contributed by atoms with Gasteiger partial charge in [-0.2, -0.15) is 0 Å². The molecular weight excluding hydrogens is 208 g/mol. The summed E-state index contributed by atoms with van der Waals surface area (Å²) in [5.41, 5.74) is 0. The largest absolute Gasteiger partial charge is 0.504 e. The number of para-hydroxylation sites is 2. The molecule has 0 aliphatic carbocycles. The molecule has 16 heavy (non-hydrogen) atoms. The molecule has 0 saturated carbocycles. The van der Waals surface area contributed by atoms with Gasteiger partial charge in [0.25, 0.3) is 0 Å². The van der Waals surface area contributed by atoms with E-state index < -0.39 is 11.9 Å². The normalized spacial score (nSPS) is 12.1. The molecule has 0 fully saturated rings. The fraction of sp³-hybridized carbons (Fsp3) is 0.417. The molecule has 0 aliphatic heterocycles. The molecule has 0 amide bonds. The van der Waals surface area contributed by atoms with Crippen LogP contribution < -0.4 is 4.74 Å². The van der Waals surface area contributed by atoms with E-state index >= 15 is 0 Å². The number of hydrogen-bond donors (Lipinski definition) is 2. The summed E-state index contributed by atoms with van der Waals surface area (Å²) in [7, 11) is 0. The Morgan fingerprint density at radius 2 is 2.12 bits per heavy atom. The summed E-state index contributed by atoms with van der Waals surface area (Å²) in [5, 5.41) is 18.3. The minimum Gasteiger partial charge on any atom is -0.504 e. The number of carbonyl (C=O) groups is 1. The Morgan fingerprint density at radius 3 is 2.69 bits per heavy atom. The van der Waals surface area contributed by atoms with E-state index in [1.54, 1.807) is 18.2 Å². The van der Waals surface area contributed by atoms with Crippen LogP contribution in [0.5, 0.6) is 11.5 Å². The molecule has 0 radical (unpaired) electrons. The number of hydrogen-bond acceptors (Lipinski definition) is 3. The van der Waals surface area contributed by atoms with Crippen molar-refractivity contribution in [2.45, 2.75) is 19.8 Å². The third-order valence-electron chi connectivity index (χ3n) is 2.29. The number of phenolic OH excluding ortho intramolecular Hbond substituents is 1. The molecule has 0 heterocycles. The molecule has 4 heteroatoms. The van der Waals surface area contributed by atoms with Crippen LogP contribution in [-0.2, 0) is 4.79 Å². The summed E-state index contributed by atoms with van der Waals surface area (Å²) < 4.78 is 5.28. The molecular formula is C12H16O4. The fourth-order valence-corrected chi connectivity index (χ4v) is 1.40. The van der Waals surface area contributed by atoms with Gasteiger partial charge < -0.3 is 14.9 Å². The minimum atomic E-state index is -0.864. The zero-order chi connectivity index (χ0) is 12.0. The minimum absolute atomic E-state index is 0.0307. The summed E-state index contributed by atoms with van der Waals surface area (Å²) >= 11 is 0. The van der Waals surface area contributed by atoms with Crippen molar-refractivity contribution in [2.75, 3.05) is 6.61 Å². The van der Waals surface area contributed by atoms with Gasteiger partial charge in [-0.1, -0.05) is 25.5 Å². The van der Waals surface area contributed by atoms with Gasteiger partial charge in [0.05, 0.1) is 5.92 Å². The number of phenols is 1. The van der Waals surface area contributed by atoms with Crippen molar-refractivity contribution in [1.29, 1.82) is 0 Å². The summed E-state index contributed by atoms with van der Waals surface area (Å²) in [4.78, 5) is 10.9. The van der Waals surface area contributed by atoms with Crippen molar-refractivity contribution >= 4 is 5.97 Å². The predicted octanol–water partition coefficient (Wildman–Crippen LogP) is 2.27. The lowest BCUT2D eigenvalue weighted by Gasteiger charge is -2.13. The third-order valence-corrected chi connectivity index (χ3v) is 2.29. The molecule has 1 rings (SSSR count). The van der Waals surface area contributed by atoms with E-state index in [4.69, 9.17) is 9.84 Å². The molecule has 0 bridgehead atoms. The lowest BCUT2D eigenvalue weighted by Crippen LogP contribution is -2.21. The summed E-state index contributed by atoms with van der Waals surface area (Å²) in [5.74, 6) is -1.03. The fourth-order valence-electron chi connectivity index (χ4n) is 1.40. The average Bonchev–Trinajstić information content (AvgIpc) is 2.26. The monoisotopic (exact) mass is 224 g/mol. The topological polar surface area (TPSA) is 66.8 Å². The first kappa shape index (κ1) is 12.4. The van der Waals surface area contributed by atoms with Gasteiger partial charge >= 0.3 is 5.97 Å². The van der Waals surface area contributed by atoms with Crippen LogP contribution in [0.25, 0.3) is 0 Å². The Balaban J connectivity index is 2.55. The summed E-state index contributed by atoms with van der Waals surface area (Å²) in [6, 6.07) is 6.53. The molecule has 4 nitrogen and oxygen atoms in total. The van der Waals surface area contributed by atoms with Crippen molar-refractivity contribution in [3.63, 3.8) is 0 Å². The van der Waals surface area contributed by atoms with Crippen LogP contribution in [0, 0.1) is 5.92 Å². The van der Waals surface area contributed by atoms with Crippen molar-refractivity contribution in [1.82, 2.24) is 0 Å². The lowest BCUT2D eigenvalue weighted by molar-refractivity contribution is -0.143. The van der Waals surface area contributed by atoms with Crippen LogP contribution in [0.3, 0.4) is 0 Å². The van der Waals surface area contributed by atoms with Crippen molar-refractivity contribution in [3.05, 3.63) is 24.3 Å². The molecule has 0 aliphatic rings. The van der Waals surface area contributed by atoms with Gasteiger partial charge in [0.15, 0.2) is 11.5 Å². The van der Waals surface area contributed by atoms with Crippen molar-refractivity contribution in [2.24, 2.45) is 5.92 Å². The molecule has 88 valence electrons. The Labute approximate surface area is 94.5 Å². The third kappa shape index (κ3) is 3.46. The van der Waals surface area contributed by atoms with Gasteiger partial charge in [-0.05, 0) is 18.6 Å². The molecule has 1 aromatic rings. The smallest absolute Gasteiger partial charge is 0.309 e. The molecule has 0 aromatic heterocycles. The Bertz CT molecular complexity index is 349. The van der Waals surface area contributed by atoms with E-state index in [0.717, 1.165) is 6.42 Å². The van der Waals surface area contributed by atoms with Crippen LogP contribution in [0.1, 0.15) is 19.8 Å². The van der Waals surface area contributed by atoms with Gasteiger partial charge in [0, 0.05) is 0 Å². The molecule has 1 unspecified atom stereocenters. The van der Waals surface area contributed by atoms with Gasteiger partial charge in [-0.15, -0.1) is 0 Å². The standard InChI is InChI=1S/C12H16O4/c1-2-5-9(12(14)15)8-16-11-7-4-3-6-10(11)13/h3-4,6-7,9,13H,2,5,8H2,1H3,(H,14,15). The first-order valence-electron chi connectivity index (χ1n) is 5.28. The molecule has 0 saturated heterocycles. The van der Waals surface area contributed by atoms with Gasteiger partial charge in [-0.3, -0.25) is 4.79 Å². The predicted molar refractivity (Wildman–Crippen MR) is 59.6 cm³/mol. The van der Waals surface area contributed by atoms with Gasteiger partial charge in [-0.25, -0.2) is 0 Å². The van der Waals surface area contributed by atoms with E-state index in [1.807, 2.05) is 6.92 Å². The van der Waals surface area contributed by atoms with Crippen molar-refractivity contribution in [3.8, 4) is 11.5 Å². The van der Waals surface area contributed by atoms with E-state index in [2.05, 4.69) is 0 Å². The molecule has 2 N–H and O–H groups in total. The number of benzene rings is 1. The van der Waals surface area contributed by atoms with Crippen LogP contribution in [0.15, 0.2) is 24.3 Å². The second kappa shape index (κ2) is 6.00. The number of aliphatic carboxylic acids is 1. The summed E-state index contributed by atoms with van der Waals surface area (Å²) in [6.45, 7) is 2.01. The van der Waals surface area contributed by atoms with E-state index in [-0.39, 0.29) is 12.4 Å². The van der Waals surface area contributed by atoms with Gasteiger partial charge in [0.2, 0.25) is 0 Å². The highest BCUT2D eigenvalue weighted by Crippen LogP contribution is 2.25. The average molecular weight is 224 g/mol. The molecule has 0 spiro atoms. The second-order valence-corrected chi connectivity index (χ2v) is 3.60. The summed E-state index contributed by atoms with van der Waals surface area (Å²) in [6.07, 6.45) is 1.37. The quantitative estimate of drug-likeness (QED) is 0.777. The van der Waals surface area contributed by atoms with E-state index in [9.17, 15) is 9.90 Å². The second-order valence-electron chi connectivity index (χ2n) is 3.60. The maximum absolute atomic E-state index is 10.9. The van der Waals surface area contributed by atoms with E-state index in [0.29, 0.717) is 12.2 Å². The zero-order valence-electron chi connectivity index (χ0n) is 9.22. The highest BCUT2D eigenvalue weighted by Gasteiger charge is 2.17. The Hall–Kier alpha value is -1.71. The molecule has 1 atom stereocenters. The number of carboxylic acids is 1. The van der Waals surface area contributed by atoms with Crippen LogP contribution >= 0.6 is 0 Å². The zero-order valence-corrected chi connectivity index (χ0v) is 9.22. The SMILES string of the molecule is CCCC(COc1ccccc1O)C(=O)O. The van der Waals surface area contributed by atoms with Crippen LogP contribution in [-0.4, -0.2) is 22.8 Å². The first-order chi connectivity index (χ1) is 7.65. The lowest BCUT2D eigenvalue weighted by atomic mass is 10.1. The molecule has 1 aromatic carbocycles. The highest BCUT2D eigenvalue weighted by molar-refractivity contribution is 5.70. The number of aromatic hydroxyl groups is 1. The number of rotatable bonds is 6. The Morgan fingerprint density at radius 1 is 1.44 bits per heavy atom. The van der Waals surface area contributed by atoms with Crippen LogP contribution in [0.2, 0.25) is 0 Å². The maximum atomic E-state index is 10.9. The Kier molecular flexibility index (Phi) is 4.64. The highest BCUT2D eigenvalue weighted by atomic mass is 16.5. The van der Waals surface area contributed by atoms with Crippen molar-refractivity contribution < 1.29 is 19.7 Å². The maximum Gasteiger partial charge on any atom is 0.309 e. The van der Waals surface area contributed by atoms with Crippen LogP contribution in [0.4, 0.5) is 0 Å².